The second-order valence-electron chi connectivity index (χ2n) is 8.17. The Bertz CT molecular complexity index is 1380. The van der Waals surface area contributed by atoms with Crippen LogP contribution < -0.4 is 16.2 Å². The molecule has 0 unspecified atom stereocenters. The Morgan fingerprint density at radius 2 is 1.72 bits per heavy atom. The van der Waals surface area contributed by atoms with E-state index in [0.717, 1.165) is 5.56 Å². The number of aliphatic hydroxyl groups is 1. The predicted octanol–water partition coefficient (Wildman–Crippen LogP) is 3.30. The number of halogens is 1. The second-order valence-corrected chi connectivity index (χ2v) is 8.17. The molecule has 184 valence electrons. The first-order valence-electron chi connectivity index (χ1n) is 11.4. The van der Waals surface area contributed by atoms with Gasteiger partial charge in [-0.05, 0) is 41.8 Å². The molecule has 2 aromatic carbocycles. The lowest BCUT2D eigenvalue weighted by Gasteiger charge is -2.20. The summed E-state index contributed by atoms with van der Waals surface area (Å²) in [4.78, 5) is 34.1. The molecule has 0 fully saturated rings. The van der Waals surface area contributed by atoms with E-state index in [4.69, 9.17) is 4.98 Å². The summed E-state index contributed by atoms with van der Waals surface area (Å²) in [5.74, 6) is -0.524. The molecule has 3 N–H and O–H groups in total. The summed E-state index contributed by atoms with van der Waals surface area (Å²) in [5.41, 5.74) is 2.65. The Hall–Kier alpha value is -4.37. The highest BCUT2D eigenvalue weighted by Crippen LogP contribution is 2.29. The number of amides is 1. The first kappa shape index (κ1) is 24.7. The lowest BCUT2D eigenvalue weighted by atomic mass is 10.0. The molecule has 0 bridgehead atoms. The van der Waals surface area contributed by atoms with Crippen LogP contribution in [0.15, 0.2) is 83.9 Å². The lowest BCUT2D eigenvalue weighted by molar-refractivity contribution is -0.124. The molecule has 2 aromatic heterocycles. The SMILES string of the molecule is Cn1c(NCC[C@H](NC(=O)CO)c2ccccc2)nc(-c2ccncc2)c(-c2ccc(F)cc2)c1=O. The van der Waals surface area contributed by atoms with Crippen LogP contribution >= 0.6 is 0 Å². The number of aromatic nitrogens is 3. The molecule has 4 aromatic rings. The Morgan fingerprint density at radius 1 is 1.03 bits per heavy atom. The number of hydrogen-bond donors (Lipinski definition) is 3. The van der Waals surface area contributed by atoms with Gasteiger partial charge in [0.15, 0.2) is 0 Å². The zero-order valence-electron chi connectivity index (χ0n) is 19.7. The van der Waals surface area contributed by atoms with E-state index in [1.807, 2.05) is 30.3 Å². The van der Waals surface area contributed by atoms with Crippen LogP contribution in [0, 0.1) is 5.82 Å². The molecule has 0 aliphatic carbocycles. The van der Waals surface area contributed by atoms with Crippen molar-refractivity contribution in [3.8, 4) is 22.4 Å². The van der Waals surface area contributed by atoms with Crippen LogP contribution in [0.5, 0.6) is 0 Å². The lowest BCUT2D eigenvalue weighted by Crippen LogP contribution is -2.32. The predicted molar refractivity (Wildman–Crippen MR) is 136 cm³/mol. The molecule has 0 aliphatic heterocycles. The fourth-order valence-electron chi connectivity index (χ4n) is 3.93. The van der Waals surface area contributed by atoms with Gasteiger partial charge in [-0.3, -0.25) is 19.1 Å². The van der Waals surface area contributed by atoms with Crippen molar-refractivity contribution in [2.75, 3.05) is 18.5 Å². The maximum atomic E-state index is 13.5. The van der Waals surface area contributed by atoms with Crippen LogP contribution in [0.3, 0.4) is 0 Å². The van der Waals surface area contributed by atoms with Gasteiger partial charge in [-0.25, -0.2) is 9.37 Å². The van der Waals surface area contributed by atoms with E-state index in [1.165, 1.54) is 16.7 Å². The average molecular weight is 488 g/mol. The summed E-state index contributed by atoms with van der Waals surface area (Å²) in [7, 11) is 1.61. The first-order chi connectivity index (χ1) is 17.5. The van der Waals surface area contributed by atoms with Crippen LogP contribution in [0.4, 0.5) is 10.3 Å². The van der Waals surface area contributed by atoms with Crippen molar-refractivity contribution in [3.63, 3.8) is 0 Å². The smallest absolute Gasteiger partial charge is 0.263 e. The highest BCUT2D eigenvalue weighted by molar-refractivity contribution is 5.80. The number of nitrogens with one attached hydrogen (secondary N) is 2. The molecule has 4 rings (SSSR count). The molecule has 0 saturated carbocycles. The molecule has 1 atom stereocenters. The second kappa shape index (κ2) is 11.4. The number of nitrogens with zero attached hydrogens (tertiary/aromatic N) is 3. The van der Waals surface area contributed by atoms with Crippen LogP contribution in [0.2, 0.25) is 0 Å². The van der Waals surface area contributed by atoms with Gasteiger partial charge in [0.25, 0.3) is 5.56 Å². The van der Waals surface area contributed by atoms with E-state index in [0.29, 0.717) is 41.3 Å². The maximum absolute atomic E-state index is 13.5. The molecular formula is C27H26FN5O3. The number of carbonyl (C=O) groups excluding carboxylic acids is 1. The largest absolute Gasteiger partial charge is 0.387 e. The zero-order chi connectivity index (χ0) is 25.5. The highest BCUT2D eigenvalue weighted by Gasteiger charge is 2.19. The van der Waals surface area contributed by atoms with Crippen molar-refractivity contribution < 1.29 is 14.3 Å². The van der Waals surface area contributed by atoms with E-state index in [1.54, 1.807) is 43.7 Å². The minimum absolute atomic E-state index is 0.292. The van der Waals surface area contributed by atoms with Gasteiger partial charge in [0.05, 0.1) is 17.3 Å². The molecular weight excluding hydrogens is 461 g/mol. The Morgan fingerprint density at radius 3 is 2.39 bits per heavy atom. The van der Waals surface area contributed by atoms with Crippen molar-refractivity contribution in [3.05, 3.63) is 101 Å². The third kappa shape index (κ3) is 5.64. The summed E-state index contributed by atoms with van der Waals surface area (Å²) < 4.78 is 15.0. The molecule has 0 spiro atoms. The zero-order valence-corrected chi connectivity index (χ0v) is 19.7. The van der Waals surface area contributed by atoms with Gasteiger partial charge in [0.2, 0.25) is 11.9 Å². The van der Waals surface area contributed by atoms with Crippen molar-refractivity contribution in [2.45, 2.75) is 12.5 Å². The average Bonchev–Trinajstić information content (AvgIpc) is 2.92. The normalized spacial score (nSPS) is 11.6. The molecule has 36 heavy (non-hydrogen) atoms. The van der Waals surface area contributed by atoms with Crippen LogP contribution in [-0.2, 0) is 11.8 Å². The number of rotatable bonds is 9. The van der Waals surface area contributed by atoms with Crippen LogP contribution in [0.25, 0.3) is 22.4 Å². The van der Waals surface area contributed by atoms with E-state index >= 15 is 0 Å². The number of aliphatic hydroxyl groups excluding tert-OH is 1. The molecule has 1 amide bonds. The number of carbonyl (C=O) groups is 1. The van der Waals surface area contributed by atoms with Crippen LogP contribution in [-0.4, -0.2) is 38.7 Å². The fraction of sp³-hybridized carbons (Fsp3) is 0.185. The molecule has 9 heteroatoms. The first-order valence-corrected chi connectivity index (χ1v) is 11.4. The van der Waals surface area contributed by atoms with Crippen molar-refractivity contribution >= 4 is 11.9 Å². The van der Waals surface area contributed by atoms with Gasteiger partial charge in [-0.2, -0.15) is 0 Å². The third-order valence-electron chi connectivity index (χ3n) is 5.77. The summed E-state index contributed by atoms with van der Waals surface area (Å²) in [5, 5.41) is 15.2. The van der Waals surface area contributed by atoms with Crippen molar-refractivity contribution in [2.24, 2.45) is 7.05 Å². The topological polar surface area (TPSA) is 109 Å². The van der Waals surface area contributed by atoms with Crippen molar-refractivity contribution in [1.82, 2.24) is 19.9 Å². The minimum Gasteiger partial charge on any atom is -0.387 e. The molecule has 2 heterocycles. The molecule has 8 nitrogen and oxygen atoms in total. The molecule has 0 aliphatic rings. The van der Waals surface area contributed by atoms with E-state index < -0.39 is 18.3 Å². The van der Waals surface area contributed by atoms with Crippen molar-refractivity contribution in [1.29, 1.82) is 0 Å². The van der Waals surface area contributed by atoms with E-state index in [-0.39, 0.29) is 11.6 Å². The summed E-state index contributed by atoms with van der Waals surface area (Å²) in [6.07, 6.45) is 3.71. The molecule has 0 saturated heterocycles. The monoisotopic (exact) mass is 487 g/mol. The summed E-state index contributed by atoms with van der Waals surface area (Å²) >= 11 is 0. The van der Waals surface area contributed by atoms with Gasteiger partial charge < -0.3 is 15.7 Å². The summed E-state index contributed by atoms with van der Waals surface area (Å²) in [6.45, 7) is -0.218. The number of anilines is 1. The summed E-state index contributed by atoms with van der Waals surface area (Å²) in [6, 6.07) is 18.3. The van der Waals surface area contributed by atoms with Gasteiger partial charge >= 0.3 is 0 Å². The van der Waals surface area contributed by atoms with Gasteiger partial charge in [-0.15, -0.1) is 0 Å². The Labute approximate surface area is 207 Å². The third-order valence-corrected chi connectivity index (χ3v) is 5.77. The van der Waals surface area contributed by atoms with Gasteiger partial charge in [0.1, 0.15) is 12.4 Å². The number of hydrogen-bond acceptors (Lipinski definition) is 6. The molecule has 0 radical (unpaired) electrons. The van der Waals surface area contributed by atoms with Gasteiger partial charge in [-0.1, -0.05) is 42.5 Å². The minimum atomic E-state index is -0.604. The Kier molecular flexibility index (Phi) is 7.82. The van der Waals surface area contributed by atoms with Gasteiger partial charge in [0, 0.05) is 31.5 Å². The van der Waals surface area contributed by atoms with E-state index in [2.05, 4.69) is 15.6 Å². The number of benzene rings is 2. The maximum Gasteiger partial charge on any atom is 0.263 e. The quantitative estimate of drug-likeness (QED) is 0.334. The standard InChI is InChI=1S/C27H26FN5O3/c1-33-26(36)24(19-7-9-21(28)10-8-19)25(20-11-14-29-15-12-20)32-27(33)30-16-13-22(31-23(35)17-34)18-5-3-2-4-6-18/h2-12,14-15,22,34H,13,16-17H2,1H3,(H,30,32)(H,31,35)/t22-/m0/s1. The van der Waals surface area contributed by atoms with E-state index in [9.17, 15) is 19.1 Å². The fourth-order valence-corrected chi connectivity index (χ4v) is 3.93. The Balaban J connectivity index is 1.66. The van der Waals surface area contributed by atoms with Crippen LogP contribution in [0.1, 0.15) is 18.0 Å². The highest BCUT2D eigenvalue weighted by atomic mass is 19.1. The number of pyridine rings is 1.